The van der Waals surface area contributed by atoms with E-state index in [2.05, 4.69) is 95.6 Å². The van der Waals surface area contributed by atoms with E-state index in [1.165, 1.54) is 25.6 Å². The molecule has 9 heteroatoms. The van der Waals surface area contributed by atoms with E-state index in [9.17, 15) is 0 Å². The first-order valence-corrected chi connectivity index (χ1v) is 23.6. The number of aromatic nitrogens is 7. The predicted octanol–water partition coefficient (Wildman–Crippen LogP) is 15.4. The third kappa shape index (κ3) is 6.51. The standard InChI is InChI=1S/C60H35N7OS/c1-4-17-36(18-5-1)55-61-56(37-19-6-2-7-20-37)65-60(64-55)46-33-39(31-32-48(46)67-47-27-13-10-23-40(47)44-35-53-45(34-49(44)67)41-24-12-15-30-52(41)69-53)58-62-57(38-21-8-3-9-22-38)63-59(66-58)43-26-16-29-51-54(43)42-25-11-14-28-50(42)68-51/h1-35H. The van der Waals surface area contributed by atoms with Crippen molar-refractivity contribution >= 4 is 75.3 Å². The van der Waals surface area contributed by atoms with Crippen molar-refractivity contribution in [1.82, 2.24) is 34.5 Å². The zero-order chi connectivity index (χ0) is 45.4. The Bertz CT molecular complexity index is 4260. The molecule has 0 unspecified atom stereocenters. The third-order valence-corrected chi connectivity index (χ3v) is 14.1. The average molecular weight is 902 g/mol. The molecule has 0 fully saturated rings. The summed E-state index contributed by atoms with van der Waals surface area (Å²) < 4.78 is 11.2. The smallest absolute Gasteiger partial charge is 0.166 e. The Balaban J connectivity index is 1.07. The number of nitrogens with zero attached hydrogens (tertiary/aromatic N) is 7. The molecule has 0 radical (unpaired) electrons. The van der Waals surface area contributed by atoms with Gasteiger partial charge in [-0.2, -0.15) is 0 Å². The predicted molar refractivity (Wildman–Crippen MR) is 280 cm³/mol. The van der Waals surface area contributed by atoms with Gasteiger partial charge in [0, 0.05) is 75.1 Å². The van der Waals surface area contributed by atoms with Gasteiger partial charge in [-0.15, -0.1) is 11.3 Å². The van der Waals surface area contributed by atoms with E-state index < -0.39 is 0 Å². The number of benzene rings is 9. The highest BCUT2D eigenvalue weighted by Gasteiger charge is 2.24. The molecular weight excluding hydrogens is 867 g/mol. The van der Waals surface area contributed by atoms with Gasteiger partial charge in [0.05, 0.1) is 16.7 Å². The maximum atomic E-state index is 6.35. The Hall–Kier alpha value is -9.18. The molecule has 8 nitrogen and oxygen atoms in total. The summed E-state index contributed by atoms with van der Waals surface area (Å²) in [6.07, 6.45) is 0. The molecule has 0 bridgehead atoms. The van der Waals surface area contributed by atoms with Crippen LogP contribution in [0.15, 0.2) is 217 Å². The van der Waals surface area contributed by atoms with Crippen molar-refractivity contribution in [3.63, 3.8) is 0 Å². The summed E-state index contributed by atoms with van der Waals surface area (Å²) in [6.45, 7) is 0. The van der Waals surface area contributed by atoms with Crippen LogP contribution < -0.4 is 0 Å². The fourth-order valence-electron chi connectivity index (χ4n) is 9.73. The normalized spacial score (nSPS) is 11.8. The van der Waals surface area contributed by atoms with Crippen molar-refractivity contribution < 1.29 is 4.42 Å². The number of furan rings is 1. The molecule has 5 heterocycles. The van der Waals surface area contributed by atoms with Gasteiger partial charge < -0.3 is 8.98 Å². The lowest BCUT2D eigenvalue weighted by atomic mass is 10.0. The fraction of sp³-hybridized carbons (Fsp3) is 0. The van der Waals surface area contributed by atoms with Crippen LogP contribution in [0.5, 0.6) is 0 Å². The van der Waals surface area contributed by atoms with E-state index in [1.54, 1.807) is 0 Å². The first-order chi connectivity index (χ1) is 34.2. The van der Waals surface area contributed by atoms with Crippen LogP contribution in [0.25, 0.3) is 138 Å². The van der Waals surface area contributed by atoms with Crippen molar-refractivity contribution in [3.05, 3.63) is 212 Å². The molecule has 14 rings (SSSR count). The van der Waals surface area contributed by atoms with E-state index >= 15 is 0 Å². The number of fused-ring (bicyclic) bond motifs is 9. The Labute approximate surface area is 398 Å². The van der Waals surface area contributed by atoms with Gasteiger partial charge in [0.1, 0.15) is 11.2 Å². The molecule has 0 atom stereocenters. The van der Waals surface area contributed by atoms with Crippen molar-refractivity contribution in [1.29, 1.82) is 0 Å². The highest BCUT2D eigenvalue weighted by Crippen LogP contribution is 2.43. The summed E-state index contributed by atoms with van der Waals surface area (Å²) in [6, 6.07) is 72.8. The van der Waals surface area contributed by atoms with E-state index in [0.29, 0.717) is 34.9 Å². The monoisotopic (exact) mass is 901 g/mol. The van der Waals surface area contributed by atoms with Gasteiger partial charge in [-0.1, -0.05) is 158 Å². The minimum absolute atomic E-state index is 0.505. The fourth-order valence-corrected chi connectivity index (χ4v) is 10.9. The highest BCUT2D eigenvalue weighted by atomic mass is 32.1. The molecular formula is C60H35N7OS. The molecule has 69 heavy (non-hydrogen) atoms. The van der Waals surface area contributed by atoms with Crippen molar-refractivity contribution in [2.75, 3.05) is 0 Å². The second-order valence-electron chi connectivity index (χ2n) is 17.0. The number of para-hydroxylation sites is 2. The molecule has 9 aromatic carbocycles. The van der Waals surface area contributed by atoms with Crippen LogP contribution in [0.2, 0.25) is 0 Å². The van der Waals surface area contributed by atoms with Gasteiger partial charge in [-0.05, 0) is 54.6 Å². The number of thiophene rings is 1. The first kappa shape index (κ1) is 39.0. The Morgan fingerprint density at radius 3 is 1.54 bits per heavy atom. The molecule has 0 amide bonds. The van der Waals surface area contributed by atoms with Gasteiger partial charge >= 0.3 is 0 Å². The molecule has 5 aromatic heterocycles. The van der Waals surface area contributed by atoms with Gasteiger partial charge in [0.2, 0.25) is 0 Å². The molecule has 322 valence electrons. The van der Waals surface area contributed by atoms with Crippen LogP contribution in [0.3, 0.4) is 0 Å². The van der Waals surface area contributed by atoms with Gasteiger partial charge in [0.25, 0.3) is 0 Å². The Morgan fingerprint density at radius 2 is 0.855 bits per heavy atom. The second kappa shape index (κ2) is 15.7. The summed E-state index contributed by atoms with van der Waals surface area (Å²) in [4.78, 5) is 31.5. The summed E-state index contributed by atoms with van der Waals surface area (Å²) in [5.74, 6) is 3.25. The van der Waals surface area contributed by atoms with Crippen LogP contribution in [0.4, 0.5) is 0 Å². The van der Waals surface area contributed by atoms with E-state index in [-0.39, 0.29) is 0 Å². The quantitative estimate of drug-likeness (QED) is 0.157. The highest BCUT2D eigenvalue weighted by molar-refractivity contribution is 7.25. The molecule has 0 saturated carbocycles. The van der Waals surface area contributed by atoms with Gasteiger partial charge in [-0.25, -0.2) is 29.9 Å². The average Bonchev–Trinajstić information content (AvgIpc) is 4.10. The van der Waals surface area contributed by atoms with Crippen molar-refractivity contribution in [2.24, 2.45) is 0 Å². The van der Waals surface area contributed by atoms with Gasteiger partial charge in [0.15, 0.2) is 34.9 Å². The van der Waals surface area contributed by atoms with Crippen LogP contribution in [0, 0.1) is 0 Å². The lowest BCUT2D eigenvalue weighted by Crippen LogP contribution is -2.05. The van der Waals surface area contributed by atoms with Gasteiger partial charge in [-0.3, -0.25) is 0 Å². The van der Waals surface area contributed by atoms with Crippen LogP contribution in [-0.2, 0) is 0 Å². The third-order valence-electron chi connectivity index (χ3n) is 12.9. The Kier molecular flexibility index (Phi) is 8.90. The number of rotatable bonds is 7. The zero-order valence-corrected chi connectivity index (χ0v) is 37.5. The molecule has 0 spiro atoms. The van der Waals surface area contributed by atoms with E-state index in [4.69, 9.17) is 34.3 Å². The van der Waals surface area contributed by atoms with Crippen molar-refractivity contribution in [3.8, 4) is 74.0 Å². The molecule has 14 aromatic rings. The zero-order valence-electron chi connectivity index (χ0n) is 36.7. The minimum atomic E-state index is 0.505. The minimum Gasteiger partial charge on any atom is -0.456 e. The van der Waals surface area contributed by atoms with E-state index in [1.807, 2.05) is 133 Å². The van der Waals surface area contributed by atoms with Crippen LogP contribution in [-0.4, -0.2) is 34.5 Å². The molecule has 0 saturated heterocycles. The Morgan fingerprint density at radius 1 is 0.319 bits per heavy atom. The molecule has 0 aliphatic carbocycles. The van der Waals surface area contributed by atoms with Crippen molar-refractivity contribution in [2.45, 2.75) is 0 Å². The second-order valence-corrected chi connectivity index (χ2v) is 18.1. The largest absolute Gasteiger partial charge is 0.456 e. The summed E-state index contributed by atoms with van der Waals surface area (Å²) in [5, 5.41) is 6.73. The topological polar surface area (TPSA) is 95.4 Å². The summed E-state index contributed by atoms with van der Waals surface area (Å²) in [7, 11) is 0. The molecule has 0 aliphatic heterocycles. The number of hydrogen-bond acceptors (Lipinski definition) is 8. The summed E-state index contributed by atoms with van der Waals surface area (Å²) in [5.41, 5.74) is 9.67. The van der Waals surface area contributed by atoms with Crippen LogP contribution in [0.1, 0.15) is 0 Å². The molecule has 0 N–H and O–H groups in total. The summed E-state index contributed by atoms with van der Waals surface area (Å²) >= 11 is 1.83. The van der Waals surface area contributed by atoms with Crippen LogP contribution >= 0.6 is 11.3 Å². The maximum Gasteiger partial charge on any atom is 0.166 e. The van der Waals surface area contributed by atoms with E-state index in [0.717, 1.165) is 77.4 Å². The lowest BCUT2D eigenvalue weighted by Gasteiger charge is -2.16. The number of hydrogen-bond donors (Lipinski definition) is 0. The SMILES string of the molecule is c1ccc(-c2nc(-c3ccccc3)nc(-c3cc(-c4nc(-c5ccccc5)nc(-c5cccc6oc7ccccc7c56)n4)ccc3-n3c4ccccc4c4cc5sc6ccccc6c5cc43)n2)cc1. The lowest BCUT2D eigenvalue weighted by molar-refractivity contribution is 0.669. The maximum absolute atomic E-state index is 6.35. The first-order valence-electron chi connectivity index (χ1n) is 22.8. The molecule has 0 aliphatic rings.